The van der Waals surface area contributed by atoms with Gasteiger partial charge >= 0.3 is 0 Å². The number of piperazine rings is 1. The average molecular weight is 363 g/mol. The molecule has 0 radical (unpaired) electrons. The van der Waals surface area contributed by atoms with E-state index in [2.05, 4.69) is 17.1 Å². The lowest BCUT2D eigenvalue weighted by Gasteiger charge is -2.28. The van der Waals surface area contributed by atoms with Gasteiger partial charge in [0.2, 0.25) is 5.95 Å². The summed E-state index contributed by atoms with van der Waals surface area (Å²) < 4.78 is 3.74. The van der Waals surface area contributed by atoms with Crippen molar-refractivity contribution >= 4 is 28.9 Å². The molecule has 2 aromatic rings. The minimum Gasteiger partial charge on any atom is -0.340 e. The number of fused-ring (bicyclic) bond motifs is 1. The monoisotopic (exact) mass is 362 g/mol. The number of aromatic nitrogens is 4. The highest BCUT2D eigenvalue weighted by Crippen LogP contribution is 2.33. The van der Waals surface area contributed by atoms with Crippen LogP contribution in [0.15, 0.2) is 9.95 Å². The van der Waals surface area contributed by atoms with Crippen molar-refractivity contribution in [3.63, 3.8) is 0 Å². The van der Waals surface area contributed by atoms with Crippen molar-refractivity contribution in [3.05, 3.63) is 10.4 Å². The zero-order valence-corrected chi connectivity index (χ0v) is 15.8. The summed E-state index contributed by atoms with van der Waals surface area (Å²) in [7, 11) is 1.84. The highest BCUT2D eigenvalue weighted by Gasteiger charge is 2.24. The fourth-order valence-electron chi connectivity index (χ4n) is 3.80. The van der Waals surface area contributed by atoms with Crippen LogP contribution in [0.25, 0.3) is 11.2 Å². The zero-order valence-electron chi connectivity index (χ0n) is 15.0. The van der Waals surface area contributed by atoms with Crippen LogP contribution >= 0.6 is 11.8 Å². The molecule has 1 aliphatic carbocycles. The van der Waals surface area contributed by atoms with Crippen molar-refractivity contribution in [2.75, 3.05) is 31.1 Å². The molecule has 1 saturated heterocycles. The molecule has 2 aliphatic rings. The second-order valence-electron chi connectivity index (χ2n) is 6.85. The maximum Gasteiger partial charge on any atom is 0.280 e. The molecule has 136 valence electrons. The summed E-state index contributed by atoms with van der Waals surface area (Å²) in [6.45, 7) is 6.50. The molecule has 4 rings (SSSR count). The summed E-state index contributed by atoms with van der Waals surface area (Å²) in [4.78, 5) is 24.8. The minimum absolute atomic E-state index is 0.0150. The van der Waals surface area contributed by atoms with Gasteiger partial charge in [-0.3, -0.25) is 9.36 Å². The molecule has 1 saturated carbocycles. The van der Waals surface area contributed by atoms with Crippen molar-refractivity contribution in [1.82, 2.24) is 24.4 Å². The van der Waals surface area contributed by atoms with Crippen LogP contribution in [-0.2, 0) is 13.6 Å². The quantitative estimate of drug-likeness (QED) is 0.833. The van der Waals surface area contributed by atoms with Gasteiger partial charge in [0.15, 0.2) is 16.3 Å². The van der Waals surface area contributed by atoms with Crippen molar-refractivity contribution in [1.29, 1.82) is 0 Å². The van der Waals surface area contributed by atoms with Gasteiger partial charge in [-0.15, -0.1) is 0 Å². The number of imidazole rings is 1. The molecule has 2 fully saturated rings. The summed E-state index contributed by atoms with van der Waals surface area (Å²) in [5, 5.41) is 4.75. The van der Waals surface area contributed by atoms with Gasteiger partial charge in [0.05, 0.1) is 0 Å². The van der Waals surface area contributed by atoms with Gasteiger partial charge in [0, 0.05) is 45.0 Å². The largest absolute Gasteiger partial charge is 0.340 e. The fourth-order valence-corrected chi connectivity index (χ4v) is 5.04. The number of anilines is 1. The van der Waals surface area contributed by atoms with E-state index in [0.717, 1.165) is 43.8 Å². The molecular weight excluding hydrogens is 336 g/mol. The van der Waals surface area contributed by atoms with Gasteiger partial charge in [-0.25, -0.2) is 4.98 Å². The molecule has 1 N–H and O–H groups in total. The number of hydrogen-bond acceptors (Lipinski definition) is 6. The summed E-state index contributed by atoms with van der Waals surface area (Å²) in [6.07, 6.45) is 5.00. The Morgan fingerprint density at radius 3 is 2.60 bits per heavy atom. The van der Waals surface area contributed by atoms with Gasteiger partial charge in [-0.1, -0.05) is 24.6 Å². The van der Waals surface area contributed by atoms with Crippen LogP contribution in [0, 0.1) is 0 Å². The van der Waals surface area contributed by atoms with Crippen LogP contribution in [0.3, 0.4) is 0 Å². The molecule has 0 bridgehead atoms. The standard InChI is InChI=1S/C17H26N6OS/c1-3-23-13-14(19-16(23)22-10-8-18-9-11-22)20-17(21(2)15(13)24)25-12-6-4-5-7-12/h12,18H,3-11H2,1-2H3. The predicted octanol–water partition coefficient (Wildman–Crippen LogP) is 1.59. The molecule has 3 heterocycles. The smallest absolute Gasteiger partial charge is 0.280 e. The van der Waals surface area contributed by atoms with Crippen LogP contribution < -0.4 is 15.8 Å². The zero-order chi connectivity index (χ0) is 17.4. The summed E-state index contributed by atoms with van der Waals surface area (Å²) in [5.74, 6) is 0.881. The number of aryl methyl sites for hydroxylation is 1. The molecular formula is C17H26N6OS. The van der Waals surface area contributed by atoms with Gasteiger partial charge in [0.25, 0.3) is 5.56 Å². The fraction of sp³-hybridized carbons (Fsp3) is 0.706. The Bertz CT molecular complexity index is 817. The van der Waals surface area contributed by atoms with Crippen LogP contribution in [0.5, 0.6) is 0 Å². The molecule has 0 atom stereocenters. The summed E-state index contributed by atoms with van der Waals surface area (Å²) >= 11 is 1.74. The van der Waals surface area contributed by atoms with Crippen molar-refractivity contribution in [2.24, 2.45) is 7.05 Å². The van der Waals surface area contributed by atoms with Gasteiger partial charge in [-0.2, -0.15) is 4.98 Å². The Morgan fingerprint density at radius 2 is 1.92 bits per heavy atom. The lowest BCUT2D eigenvalue weighted by atomic mass is 10.4. The third kappa shape index (κ3) is 3.06. The lowest BCUT2D eigenvalue weighted by Crippen LogP contribution is -2.44. The third-order valence-corrected chi connectivity index (χ3v) is 6.60. The molecule has 2 aromatic heterocycles. The first kappa shape index (κ1) is 16.9. The van der Waals surface area contributed by atoms with Crippen LogP contribution in [0.2, 0.25) is 0 Å². The van der Waals surface area contributed by atoms with Gasteiger partial charge in [-0.05, 0) is 19.8 Å². The van der Waals surface area contributed by atoms with Crippen LogP contribution in [0.4, 0.5) is 5.95 Å². The normalized spacial score (nSPS) is 19.2. The molecule has 8 heteroatoms. The van der Waals surface area contributed by atoms with E-state index in [1.54, 1.807) is 16.3 Å². The number of hydrogen-bond donors (Lipinski definition) is 1. The molecule has 0 amide bonds. The molecule has 25 heavy (non-hydrogen) atoms. The topological polar surface area (TPSA) is 68.0 Å². The van der Waals surface area contributed by atoms with Crippen molar-refractivity contribution in [3.8, 4) is 0 Å². The highest BCUT2D eigenvalue weighted by molar-refractivity contribution is 7.99. The van der Waals surface area contributed by atoms with E-state index in [9.17, 15) is 4.79 Å². The second kappa shape index (κ2) is 6.99. The summed E-state index contributed by atoms with van der Waals surface area (Å²) in [5.41, 5.74) is 1.24. The number of rotatable bonds is 4. The molecule has 0 aromatic carbocycles. The third-order valence-electron chi connectivity index (χ3n) is 5.22. The Hall–Kier alpha value is -1.54. The Balaban J connectivity index is 1.78. The average Bonchev–Trinajstić information content (AvgIpc) is 3.27. The Labute approximate surface area is 151 Å². The first-order chi connectivity index (χ1) is 12.2. The van der Waals surface area contributed by atoms with E-state index in [1.165, 1.54) is 25.7 Å². The molecule has 7 nitrogen and oxygen atoms in total. The maximum absolute atomic E-state index is 13.0. The molecule has 0 spiro atoms. The van der Waals surface area contributed by atoms with E-state index >= 15 is 0 Å². The predicted molar refractivity (Wildman–Crippen MR) is 102 cm³/mol. The highest BCUT2D eigenvalue weighted by atomic mass is 32.2. The Kier molecular flexibility index (Phi) is 4.73. The first-order valence-corrected chi connectivity index (χ1v) is 10.2. The van der Waals surface area contributed by atoms with Gasteiger partial charge in [0.1, 0.15) is 0 Å². The Morgan fingerprint density at radius 1 is 1.20 bits per heavy atom. The van der Waals surface area contributed by atoms with Crippen molar-refractivity contribution in [2.45, 2.75) is 49.6 Å². The van der Waals surface area contributed by atoms with Gasteiger partial charge < -0.3 is 14.8 Å². The van der Waals surface area contributed by atoms with Crippen molar-refractivity contribution < 1.29 is 0 Å². The van der Waals surface area contributed by atoms with E-state index < -0.39 is 0 Å². The first-order valence-electron chi connectivity index (χ1n) is 9.28. The maximum atomic E-state index is 13.0. The number of nitrogens with one attached hydrogen (secondary N) is 1. The van der Waals surface area contributed by atoms with E-state index in [0.29, 0.717) is 16.4 Å². The van der Waals surface area contributed by atoms with Crippen LogP contribution in [0.1, 0.15) is 32.6 Å². The van der Waals surface area contributed by atoms with E-state index in [4.69, 9.17) is 9.97 Å². The molecule has 1 aliphatic heterocycles. The van der Waals surface area contributed by atoms with E-state index in [-0.39, 0.29) is 5.56 Å². The SMILES string of the molecule is CCn1c(N2CCNCC2)nc2nc(SC3CCCC3)n(C)c(=O)c21. The lowest BCUT2D eigenvalue weighted by molar-refractivity contribution is 0.569. The molecule has 0 unspecified atom stereocenters. The minimum atomic E-state index is 0.0150. The number of nitrogens with zero attached hydrogens (tertiary/aromatic N) is 5. The van der Waals surface area contributed by atoms with E-state index in [1.807, 2.05) is 11.6 Å². The van der Waals surface area contributed by atoms with Crippen LogP contribution in [-0.4, -0.2) is 50.5 Å². The summed E-state index contributed by atoms with van der Waals surface area (Å²) in [6, 6.07) is 0. The number of thioether (sulfide) groups is 1. The second-order valence-corrected chi connectivity index (χ2v) is 8.12.